The molecule has 1 aliphatic rings. The van der Waals surface area contributed by atoms with Gasteiger partial charge in [0.2, 0.25) is 0 Å². The van der Waals surface area contributed by atoms with Crippen molar-refractivity contribution in [3.8, 4) is 28.3 Å². The molecule has 7 nitrogen and oxygen atoms in total. The van der Waals surface area contributed by atoms with E-state index in [2.05, 4.69) is 62.2 Å². The molecule has 0 radical (unpaired) electrons. The topological polar surface area (TPSA) is 84.9 Å². The fraction of sp³-hybridized carbons (Fsp3) is 0.242. The van der Waals surface area contributed by atoms with E-state index in [0.29, 0.717) is 11.9 Å². The van der Waals surface area contributed by atoms with Gasteiger partial charge in [0.05, 0.1) is 11.3 Å². The number of rotatable bonds is 8. The molecule has 1 aliphatic heterocycles. The minimum absolute atomic E-state index is 0.442. The van der Waals surface area contributed by atoms with E-state index in [4.69, 9.17) is 15.7 Å². The number of likely N-dealkylation sites (tertiary alicyclic amines) is 1. The fourth-order valence-corrected chi connectivity index (χ4v) is 5.69. The third-order valence-corrected chi connectivity index (χ3v) is 7.71. The Balaban J connectivity index is 0.00000165. The molecule has 1 unspecified atom stereocenters. The Morgan fingerprint density at radius 1 is 1.00 bits per heavy atom. The summed E-state index contributed by atoms with van der Waals surface area (Å²) < 4.78 is 5.59. The lowest BCUT2D eigenvalue weighted by atomic mass is 10.1. The largest absolute Gasteiger partial charge is 0.383 e. The molecular formula is C33H37N7S. The van der Waals surface area contributed by atoms with Gasteiger partial charge < -0.3 is 5.73 Å². The van der Waals surface area contributed by atoms with E-state index in [-0.39, 0.29) is 0 Å². The number of piperidine rings is 1. The number of anilines is 1. The Morgan fingerprint density at radius 2 is 1.80 bits per heavy atom. The molecule has 3 aromatic heterocycles. The SMILES string of the molecule is C=CSNC1CCCN(Cc2ccc(-n3c(-c4cccnc4N)nc4ccc(-c5ccccc5)nc43)cc2)C1.CC. The Hall–Kier alpha value is -3.98. The molecule has 0 spiro atoms. The van der Waals surface area contributed by atoms with E-state index in [1.54, 1.807) is 18.1 Å². The van der Waals surface area contributed by atoms with Gasteiger partial charge in [-0.15, -0.1) is 0 Å². The standard InChI is InChI=1S/C31H31N7S.C2H6/c1-2-39-36-24-10-7-19-37(21-24)20-22-12-14-25(15-13-22)38-30(26-11-6-18-33-29(26)32)35-28-17-16-27(34-31(28)38)23-8-4-3-5-9-23;1-2/h2-6,8-9,11-18,24,36H,1,7,10,19-21H2,(H2,32,33);1-2H3. The van der Waals surface area contributed by atoms with E-state index in [9.17, 15) is 0 Å². The van der Waals surface area contributed by atoms with Crippen molar-refractivity contribution < 1.29 is 0 Å². The van der Waals surface area contributed by atoms with Crippen molar-refractivity contribution in [2.24, 2.45) is 0 Å². The lowest BCUT2D eigenvalue weighted by Gasteiger charge is -2.32. The summed E-state index contributed by atoms with van der Waals surface area (Å²) in [6, 6.07) is 27.3. The minimum atomic E-state index is 0.442. The van der Waals surface area contributed by atoms with Gasteiger partial charge in [-0.2, -0.15) is 0 Å². The zero-order chi connectivity index (χ0) is 28.6. The molecule has 6 rings (SSSR count). The van der Waals surface area contributed by atoms with Crippen molar-refractivity contribution in [2.45, 2.75) is 39.3 Å². The number of hydrogen-bond acceptors (Lipinski definition) is 7. The van der Waals surface area contributed by atoms with Crippen molar-refractivity contribution >= 4 is 28.9 Å². The lowest BCUT2D eigenvalue weighted by molar-refractivity contribution is 0.196. The van der Waals surface area contributed by atoms with Gasteiger partial charge in [-0.3, -0.25) is 14.2 Å². The van der Waals surface area contributed by atoms with Crippen LogP contribution in [0, 0.1) is 0 Å². The number of pyridine rings is 2. The van der Waals surface area contributed by atoms with Gasteiger partial charge in [0.15, 0.2) is 11.5 Å². The summed E-state index contributed by atoms with van der Waals surface area (Å²) in [5, 5.41) is 1.85. The van der Waals surface area contributed by atoms with E-state index in [1.165, 1.54) is 18.4 Å². The molecule has 1 atom stereocenters. The summed E-state index contributed by atoms with van der Waals surface area (Å²) in [4.78, 5) is 16.9. The molecule has 2 aromatic carbocycles. The number of nitrogens with two attached hydrogens (primary N) is 1. The maximum Gasteiger partial charge on any atom is 0.165 e. The predicted molar refractivity (Wildman–Crippen MR) is 173 cm³/mol. The smallest absolute Gasteiger partial charge is 0.165 e. The van der Waals surface area contributed by atoms with Gasteiger partial charge in [0, 0.05) is 36.6 Å². The molecule has 0 aliphatic carbocycles. The van der Waals surface area contributed by atoms with Crippen molar-refractivity contribution in [3.05, 3.63) is 103 Å². The third kappa shape index (κ3) is 6.51. The normalized spacial score (nSPS) is 15.3. The number of imidazole rings is 1. The average Bonchev–Trinajstić information content (AvgIpc) is 3.41. The highest BCUT2D eigenvalue weighted by molar-refractivity contribution is 8.00. The molecule has 3 N–H and O–H groups in total. The van der Waals surface area contributed by atoms with Crippen molar-refractivity contribution in [1.29, 1.82) is 0 Å². The van der Waals surface area contributed by atoms with Gasteiger partial charge in [0.25, 0.3) is 0 Å². The summed E-state index contributed by atoms with van der Waals surface area (Å²) >= 11 is 1.58. The molecule has 1 saturated heterocycles. The number of nitrogens with zero attached hydrogens (tertiary/aromatic N) is 5. The Labute approximate surface area is 246 Å². The summed E-state index contributed by atoms with van der Waals surface area (Å²) in [5.41, 5.74) is 12.9. The van der Waals surface area contributed by atoms with Crippen molar-refractivity contribution in [1.82, 2.24) is 29.1 Å². The van der Waals surface area contributed by atoms with E-state index < -0.39 is 0 Å². The van der Waals surface area contributed by atoms with Crippen LogP contribution >= 0.6 is 11.9 Å². The van der Waals surface area contributed by atoms with Crippen LogP contribution < -0.4 is 10.5 Å². The van der Waals surface area contributed by atoms with E-state index in [1.807, 2.05) is 61.7 Å². The maximum atomic E-state index is 6.31. The van der Waals surface area contributed by atoms with Crippen molar-refractivity contribution in [2.75, 3.05) is 18.8 Å². The van der Waals surface area contributed by atoms with Crippen LogP contribution in [-0.4, -0.2) is 43.6 Å². The molecule has 4 heterocycles. The molecule has 8 heteroatoms. The molecular weight excluding hydrogens is 526 g/mol. The third-order valence-electron chi connectivity index (χ3n) is 7.08. The first-order chi connectivity index (χ1) is 20.2. The second-order valence-electron chi connectivity index (χ2n) is 9.76. The maximum absolute atomic E-state index is 6.31. The highest BCUT2D eigenvalue weighted by Gasteiger charge is 2.21. The number of nitrogens with one attached hydrogen (secondary N) is 1. The van der Waals surface area contributed by atoms with Gasteiger partial charge >= 0.3 is 0 Å². The van der Waals surface area contributed by atoms with Gasteiger partial charge in [-0.1, -0.05) is 74.8 Å². The average molecular weight is 564 g/mol. The second-order valence-corrected chi connectivity index (χ2v) is 10.6. The van der Waals surface area contributed by atoms with Gasteiger partial charge in [-0.05, 0) is 66.8 Å². The molecule has 41 heavy (non-hydrogen) atoms. The Bertz CT molecular complexity index is 1580. The number of fused-ring (bicyclic) bond motifs is 1. The highest BCUT2D eigenvalue weighted by atomic mass is 32.2. The number of aromatic nitrogens is 4. The lowest BCUT2D eigenvalue weighted by Crippen LogP contribution is -2.42. The van der Waals surface area contributed by atoms with Crippen LogP contribution in [0.1, 0.15) is 32.3 Å². The van der Waals surface area contributed by atoms with E-state index in [0.717, 1.165) is 59.1 Å². The quantitative estimate of drug-likeness (QED) is 0.195. The predicted octanol–water partition coefficient (Wildman–Crippen LogP) is 7.10. The highest BCUT2D eigenvalue weighted by Crippen LogP contribution is 2.32. The van der Waals surface area contributed by atoms with Crippen molar-refractivity contribution in [3.63, 3.8) is 0 Å². The zero-order valence-electron chi connectivity index (χ0n) is 23.7. The summed E-state index contributed by atoms with van der Waals surface area (Å²) in [6.45, 7) is 10.9. The first-order valence-corrected chi connectivity index (χ1v) is 15.1. The Kier molecular flexibility index (Phi) is 9.46. The molecule has 0 bridgehead atoms. The molecule has 210 valence electrons. The van der Waals surface area contributed by atoms with Crippen LogP contribution in [0.3, 0.4) is 0 Å². The van der Waals surface area contributed by atoms with Crippen LogP contribution in [0.25, 0.3) is 39.5 Å². The number of hydrogen-bond donors (Lipinski definition) is 2. The molecule has 0 saturated carbocycles. The van der Waals surface area contributed by atoms with Crippen LogP contribution in [0.2, 0.25) is 0 Å². The number of nitrogen functional groups attached to an aromatic ring is 1. The second kappa shape index (κ2) is 13.6. The van der Waals surface area contributed by atoms with Crippen LogP contribution in [0.5, 0.6) is 0 Å². The van der Waals surface area contributed by atoms with Crippen LogP contribution in [0.4, 0.5) is 5.82 Å². The summed E-state index contributed by atoms with van der Waals surface area (Å²) in [6.07, 6.45) is 4.09. The fourth-order valence-electron chi connectivity index (χ4n) is 5.21. The minimum Gasteiger partial charge on any atom is -0.383 e. The Morgan fingerprint density at radius 3 is 2.56 bits per heavy atom. The monoisotopic (exact) mass is 563 g/mol. The first kappa shape index (κ1) is 28.5. The van der Waals surface area contributed by atoms with E-state index >= 15 is 0 Å². The number of benzene rings is 2. The summed E-state index contributed by atoms with van der Waals surface area (Å²) in [7, 11) is 0. The molecule has 1 fully saturated rings. The molecule has 5 aromatic rings. The van der Waals surface area contributed by atoms with Crippen LogP contribution in [0.15, 0.2) is 97.0 Å². The zero-order valence-corrected chi connectivity index (χ0v) is 24.5. The molecule has 0 amide bonds. The van der Waals surface area contributed by atoms with Crippen LogP contribution in [-0.2, 0) is 6.54 Å². The first-order valence-electron chi connectivity index (χ1n) is 14.2. The van der Waals surface area contributed by atoms with Gasteiger partial charge in [-0.25, -0.2) is 15.0 Å². The van der Waals surface area contributed by atoms with Gasteiger partial charge in [0.1, 0.15) is 11.3 Å². The summed E-state index contributed by atoms with van der Waals surface area (Å²) in [5.74, 6) is 1.17.